The standard InChI is InChI=1S/C17H16N2O3S/c1-21-11-7-8-12(16(9-11)22-2)15(20)10-23-17-18-13-5-3-4-6-14(13)19-17/h3-9H,10H2,1-2H3,(H,18,19). The minimum atomic E-state index is -0.0186. The summed E-state index contributed by atoms with van der Waals surface area (Å²) < 4.78 is 10.4. The lowest BCUT2D eigenvalue weighted by molar-refractivity contribution is 0.101. The second kappa shape index (κ2) is 6.75. The average Bonchev–Trinajstić information content (AvgIpc) is 3.02. The number of hydrogen-bond acceptors (Lipinski definition) is 5. The summed E-state index contributed by atoms with van der Waals surface area (Å²) in [5.41, 5.74) is 2.39. The van der Waals surface area contributed by atoms with Crippen LogP contribution in [-0.4, -0.2) is 35.7 Å². The molecule has 0 aliphatic heterocycles. The zero-order chi connectivity index (χ0) is 16.2. The van der Waals surface area contributed by atoms with Crippen molar-refractivity contribution in [2.75, 3.05) is 20.0 Å². The number of ether oxygens (including phenoxy) is 2. The van der Waals surface area contributed by atoms with E-state index in [2.05, 4.69) is 9.97 Å². The topological polar surface area (TPSA) is 64.2 Å². The summed E-state index contributed by atoms with van der Waals surface area (Å²) >= 11 is 1.38. The molecule has 118 valence electrons. The highest BCUT2D eigenvalue weighted by atomic mass is 32.2. The van der Waals surface area contributed by atoms with Crippen molar-refractivity contribution in [1.82, 2.24) is 9.97 Å². The third-order valence-electron chi connectivity index (χ3n) is 3.42. The molecule has 2 aromatic carbocycles. The van der Waals surface area contributed by atoms with Gasteiger partial charge in [-0.3, -0.25) is 4.79 Å². The van der Waals surface area contributed by atoms with Gasteiger partial charge in [0.2, 0.25) is 0 Å². The fourth-order valence-corrected chi connectivity index (χ4v) is 3.01. The quantitative estimate of drug-likeness (QED) is 0.554. The highest BCUT2D eigenvalue weighted by Gasteiger charge is 2.14. The van der Waals surface area contributed by atoms with Crippen LogP contribution in [0.1, 0.15) is 10.4 Å². The van der Waals surface area contributed by atoms with E-state index in [1.807, 2.05) is 24.3 Å². The van der Waals surface area contributed by atoms with Crippen LogP contribution < -0.4 is 9.47 Å². The minimum Gasteiger partial charge on any atom is -0.497 e. The fraction of sp³-hybridized carbons (Fsp3) is 0.176. The third kappa shape index (κ3) is 3.32. The maximum Gasteiger partial charge on any atom is 0.176 e. The number of thioether (sulfide) groups is 1. The van der Waals surface area contributed by atoms with Crippen molar-refractivity contribution < 1.29 is 14.3 Å². The van der Waals surface area contributed by atoms with Crippen LogP contribution >= 0.6 is 11.8 Å². The molecule has 1 heterocycles. The van der Waals surface area contributed by atoms with Gasteiger partial charge in [-0.1, -0.05) is 23.9 Å². The van der Waals surface area contributed by atoms with E-state index in [-0.39, 0.29) is 11.5 Å². The Labute approximate surface area is 138 Å². The lowest BCUT2D eigenvalue weighted by Gasteiger charge is -2.09. The van der Waals surface area contributed by atoms with Crippen molar-refractivity contribution in [2.24, 2.45) is 0 Å². The van der Waals surface area contributed by atoms with Crippen LogP contribution in [0, 0.1) is 0 Å². The smallest absolute Gasteiger partial charge is 0.176 e. The summed E-state index contributed by atoms with van der Waals surface area (Å²) in [6, 6.07) is 13.0. The van der Waals surface area contributed by atoms with Crippen LogP contribution in [0.2, 0.25) is 0 Å². The van der Waals surface area contributed by atoms with Gasteiger partial charge in [-0.05, 0) is 24.3 Å². The first kappa shape index (κ1) is 15.4. The highest BCUT2D eigenvalue weighted by molar-refractivity contribution is 7.99. The molecular formula is C17H16N2O3S. The van der Waals surface area contributed by atoms with Crippen LogP contribution in [-0.2, 0) is 0 Å². The predicted molar refractivity (Wildman–Crippen MR) is 90.7 cm³/mol. The maximum absolute atomic E-state index is 12.4. The van der Waals surface area contributed by atoms with Crippen molar-refractivity contribution in [2.45, 2.75) is 5.16 Å². The van der Waals surface area contributed by atoms with E-state index >= 15 is 0 Å². The summed E-state index contributed by atoms with van der Waals surface area (Å²) in [6.07, 6.45) is 0. The first-order chi connectivity index (χ1) is 11.2. The highest BCUT2D eigenvalue weighted by Crippen LogP contribution is 2.27. The number of fused-ring (bicyclic) bond motifs is 1. The number of carbonyl (C=O) groups is 1. The molecule has 0 atom stereocenters. The number of aromatic nitrogens is 2. The number of nitrogens with one attached hydrogen (secondary N) is 1. The summed E-state index contributed by atoms with van der Waals surface area (Å²) in [7, 11) is 3.12. The van der Waals surface area contributed by atoms with Crippen LogP contribution in [0.5, 0.6) is 11.5 Å². The number of carbonyl (C=O) groups excluding carboxylic acids is 1. The Hall–Kier alpha value is -2.47. The molecule has 0 amide bonds. The lowest BCUT2D eigenvalue weighted by Crippen LogP contribution is -2.05. The Morgan fingerprint density at radius 2 is 2.00 bits per heavy atom. The molecule has 0 spiro atoms. The second-order valence-electron chi connectivity index (χ2n) is 4.84. The lowest BCUT2D eigenvalue weighted by atomic mass is 10.1. The SMILES string of the molecule is COc1ccc(C(=O)CSc2nc3ccccc3[nH]2)c(OC)c1. The fourth-order valence-electron chi connectivity index (χ4n) is 2.24. The van der Waals surface area contributed by atoms with Gasteiger partial charge in [0.25, 0.3) is 0 Å². The van der Waals surface area contributed by atoms with Crippen LogP contribution in [0.15, 0.2) is 47.6 Å². The Kier molecular flexibility index (Phi) is 4.52. The van der Waals surface area contributed by atoms with Crippen molar-refractivity contribution in [3.63, 3.8) is 0 Å². The van der Waals surface area contributed by atoms with Crippen molar-refractivity contribution >= 4 is 28.6 Å². The molecule has 6 heteroatoms. The Morgan fingerprint density at radius 3 is 2.74 bits per heavy atom. The minimum absolute atomic E-state index is 0.0186. The molecule has 0 unspecified atom stereocenters. The number of benzene rings is 2. The number of aromatic amines is 1. The Morgan fingerprint density at radius 1 is 1.17 bits per heavy atom. The largest absolute Gasteiger partial charge is 0.497 e. The number of nitrogens with zero attached hydrogens (tertiary/aromatic N) is 1. The van der Waals surface area contributed by atoms with Gasteiger partial charge in [-0.2, -0.15) is 0 Å². The monoisotopic (exact) mass is 328 g/mol. The molecule has 0 radical (unpaired) electrons. The van der Waals surface area contributed by atoms with E-state index < -0.39 is 0 Å². The Bertz CT molecular complexity index is 812. The number of Topliss-reactive ketones (excluding diaryl/α,β-unsaturated/α-hetero) is 1. The summed E-state index contributed by atoms with van der Waals surface area (Å²) in [5.74, 6) is 1.43. The molecule has 1 N–H and O–H groups in total. The molecule has 23 heavy (non-hydrogen) atoms. The summed E-state index contributed by atoms with van der Waals surface area (Å²) in [4.78, 5) is 20.1. The number of ketones is 1. The number of H-pyrrole nitrogens is 1. The summed E-state index contributed by atoms with van der Waals surface area (Å²) in [6.45, 7) is 0. The van der Waals surface area contributed by atoms with E-state index in [0.717, 1.165) is 16.2 Å². The van der Waals surface area contributed by atoms with Gasteiger partial charge in [0.15, 0.2) is 10.9 Å². The predicted octanol–water partition coefficient (Wildman–Crippen LogP) is 3.56. The van der Waals surface area contributed by atoms with E-state index in [4.69, 9.17) is 9.47 Å². The summed E-state index contributed by atoms with van der Waals surface area (Å²) in [5, 5.41) is 0.729. The first-order valence-corrected chi connectivity index (χ1v) is 8.02. The maximum atomic E-state index is 12.4. The third-order valence-corrected chi connectivity index (χ3v) is 4.29. The van der Waals surface area contributed by atoms with E-state index in [1.165, 1.54) is 18.9 Å². The van der Waals surface area contributed by atoms with Crippen LogP contribution in [0.3, 0.4) is 0 Å². The molecular weight excluding hydrogens is 312 g/mol. The van der Waals surface area contributed by atoms with Gasteiger partial charge in [0.1, 0.15) is 11.5 Å². The van der Waals surface area contributed by atoms with Gasteiger partial charge in [0.05, 0.1) is 36.6 Å². The molecule has 0 aliphatic carbocycles. The normalized spacial score (nSPS) is 10.7. The zero-order valence-electron chi connectivity index (χ0n) is 12.8. The number of methoxy groups -OCH3 is 2. The molecule has 0 saturated carbocycles. The molecule has 3 aromatic rings. The number of imidazole rings is 1. The van der Waals surface area contributed by atoms with Crippen molar-refractivity contribution in [3.8, 4) is 11.5 Å². The molecule has 0 saturated heterocycles. The number of para-hydroxylation sites is 2. The molecule has 0 aliphatic rings. The first-order valence-electron chi connectivity index (χ1n) is 7.04. The van der Waals surface area contributed by atoms with Gasteiger partial charge in [0, 0.05) is 6.07 Å². The number of hydrogen-bond donors (Lipinski definition) is 1. The van der Waals surface area contributed by atoms with Crippen molar-refractivity contribution in [3.05, 3.63) is 48.0 Å². The molecule has 0 fully saturated rings. The van der Waals surface area contributed by atoms with Crippen molar-refractivity contribution in [1.29, 1.82) is 0 Å². The molecule has 3 rings (SSSR count). The second-order valence-corrected chi connectivity index (χ2v) is 5.80. The van der Waals surface area contributed by atoms with E-state index in [0.29, 0.717) is 17.1 Å². The van der Waals surface area contributed by atoms with E-state index in [9.17, 15) is 4.79 Å². The van der Waals surface area contributed by atoms with Gasteiger partial charge in [-0.25, -0.2) is 4.98 Å². The van der Waals surface area contributed by atoms with Gasteiger partial charge < -0.3 is 14.5 Å². The Balaban J connectivity index is 1.74. The number of rotatable bonds is 6. The van der Waals surface area contributed by atoms with Gasteiger partial charge in [-0.15, -0.1) is 0 Å². The average molecular weight is 328 g/mol. The van der Waals surface area contributed by atoms with Crippen LogP contribution in [0.4, 0.5) is 0 Å². The molecule has 0 bridgehead atoms. The van der Waals surface area contributed by atoms with Crippen LogP contribution in [0.25, 0.3) is 11.0 Å². The zero-order valence-corrected chi connectivity index (χ0v) is 13.6. The molecule has 5 nitrogen and oxygen atoms in total. The molecule has 1 aromatic heterocycles. The van der Waals surface area contributed by atoms with E-state index in [1.54, 1.807) is 25.3 Å². The van der Waals surface area contributed by atoms with Gasteiger partial charge >= 0.3 is 0 Å².